The van der Waals surface area contributed by atoms with E-state index in [4.69, 9.17) is 4.98 Å². The maximum atomic E-state index is 13.2. The van der Waals surface area contributed by atoms with Crippen molar-refractivity contribution >= 4 is 11.0 Å². The second kappa shape index (κ2) is 6.75. The molecule has 0 radical (unpaired) electrons. The molecule has 0 aliphatic carbocycles. The monoisotopic (exact) mass is 375 g/mol. The Morgan fingerprint density at radius 2 is 1.64 bits per heavy atom. The molecule has 4 aromatic rings. The lowest BCUT2D eigenvalue weighted by atomic mass is 10.0. The summed E-state index contributed by atoms with van der Waals surface area (Å²) in [4.78, 5) is 16.8. The van der Waals surface area contributed by atoms with Gasteiger partial charge in [0.2, 0.25) is 0 Å². The van der Waals surface area contributed by atoms with Crippen LogP contribution in [0.5, 0.6) is 0 Å². The zero-order valence-corrected chi connectivity index (χ0v) is 16.5. The first-order valence-electron chi connectivity index (χ1n) is 9.23. The molecule has 142 valence electrons. The first-order chi connectivity index (χ1) is 13.3. The van der Waals surface area contributed by atoms with E-state index in [-0.39, 0.29) is 11.4 Å². The maximum Gasteiger partial charge on any atom is 0.253 e. The third-order valence-electron chi connectivity index (χ3n) is 5.19. The number of aryl methyl sites for hydroxylation is 4. The van der Waals surface area contributed by atoms with Gasteiger partial charge in [0.1, 0.15) is 11.6 Å². The van der Waals surface area contributed by atoms with E-state index in [9.17, 15) is 9.18 Å². The second-order valence-electron chi connectivity index (χ2n) is 7.36. The predicted molar refractivity (Wildman–Crippen MR) is 110 cm³/mol. The van der Waals surface area contributed by atoms with Crippen LogP contribution in [-0.4, -0.2) is 14.1 Å². The van der Waals surface area contributed by atoms with Gasteiger partial charge in [-0.1, -0.05) is 12.1 Å². The Bertz CT molecular complexity index is 1220. The molecule has 0 fully saturated rings. The van der Waals surface area contributed by atoms with Crippen LogP contribution in [0.4, 0.5) is 4.39 Å². The molecule has 5 heteroatoms. The molecule has 4 nitrogen and oxygen atoms in total. The van der Waals surface area contributed by atoms with E-state index in [1.807, 2.05) is 26.1 Å². The van der Waals surface area contributed by atoms with Crippen LogP contribution in [-0.2, 0) is 13.6 Å². The molecule has 0 amide bonds. The van der Waals surface area contributed by atoms with Crippen molar-refractivity contribution in [3.05, 3.63) is 87.3 Å². The number of aromatic nitrogens is 3. The summed E-state index contributed by atoms with van der Waals surface area (Å²) in [5, 5.41) is 0. The number of imidazole rings is 1. The topological polar surface area (TPSA) is 39.8 Å². The van der Waals surface area contributed by atoms with Crippen molar-refractivity contribution in [3.8, 4) is 11.1 Å². The molecule has 0 aliphatic rings. The summed E-state index contributed by atoms with van der Waals surface area (Å²) in [5.41, 5.74) is 6.87. The van der Waals surface area contributed by atoms with Crippen molar-refractivity contribution in [2.45, 2.75) is 27.3 Å². The van der Waals surface area contributed by atoms with E-state index >= 15 is 0 Å². The van der Waals surface area contributed by atoms with Crippen LogP contribution in [0.15, 0.2) is 53.5 Å². The summed E-state index contributed by atoms with van der Waals surface area (Å²) in [7, 11) is 1.77. The van der Waals surface area contributed by atoms with Gasteiger partial charge in [0.25, 0.3) is 5.56 Å². The molecule has 0 saturated carbocycles. The van der Waals surface area contributed by atoms with E-state index in [1.165, 1.54) is 12.1 Å². The highest BCUT2D eigenvalue weighted by Gasteiger charge is 2.13. The molecule has 0 spiro atoms. The zero-order valence-electron chi connectivity index (χ0n) is 16.5. The normalized spacial score (nSPS) is 11.3. The number of rotatable bonds is 3. The molecule has 2 heterocycles. The fourth-order valence-corrected chi connectivity index (χ4v) is 3.68. The number of hydrogen-bond donors (Lipinski definition) is 0. The molecule has 0 saturated heterocycles. The van der Waals surface area contributed by atoms with E-state index in [2.05, 4.69) is 23.6 Å². The van der Waals surface area contributed by atoms with Crippen molar-refractivity contribution in [1.29, 1.82) is 0 Å². The summed E-state index contributed by atoms with van der Waals surface area (Å²) in [5.74, 6) is 0.676. The Balaban J connectivity index is 1.87. The van der Waals surface area contributed by atoms with Crippen LogP contribution in [0.2, 0.25) is 0 Å². The average Bonchev–Trinajstić information content (AvgIpc) is 2.97. The van der Waals surface area contributed by atoms with Gasteiger partial charge in [-0.15, -0.1) is 0 Å². The largest absolute Gasteiger partial charge is 0.324 e. The molecule has 0 N–H and O–H groups in total. The van der Waals surface area contributed by atoms with Gasteiger partial charge < -0.3 is 9.13 Å². The molecule has 4 rings (SSSR count). The number of pyridine rings is 1. The lowest BCUT2D eigenvalue weighted by Crippen LogP contribution is -2.18. The van der Waals surface area contributed by atoms with Gasteiger partial charge >= 0.3 is 0 Å². The van der Waals surface area contributed by atoms with E-state index < -0.39 is 0 Å². The van der Waals surface area contributed by atoms with E-state index in [0.29, 0.717) is 12.1 Å². The minimum Gasteiger partial charge on any atom is -0.324 e. The minimum atomic E-state index is -0.237. The highest BCUT2D eigenvalue weighted by atomic mass is 19.1. The summed E-state index contributed by atoms with van der Waals surface area (Å²) in [6.45, 7) is 6.49. The Morgan fingerprint density at radius 1 is 0.964 bits per heavy atom. The fraction of sp³-hybridized carbons (Fsp3) is 0.217. The van der Waals surface area contributed by atoms with Crippen LogP contribution < -0.4 is 5.56 Å². The van der Waals surface area contributed by atoms with Gasteiger partial charge in [0.05, 0.1) is 11.0 Å². The van der Waals surface area contributed by atoms with Gasteiger partial charge in [0.15, 0.2) is 0 Å². The molecular weight excluding hydrogens is 353 g/mol. The number of benzene rings is 2. The standard InChI is InChI=1S/C23H22FN3O/c1-14-9-18(19-10-15(2)23(28)26(4)13-19)11-21-22(14)25-16(3)27(21)12-17-5-7-20(24)8-6-17/h5-11,13H,12H2,1-4H3. The summed E-state index contributed by atoms with van der Waals surface area (Å²) in [6.07, 6.45) is 1.86. The summed E-state index contributed by atoms with van der Waals surface area (Å²) < 4.78 is 17.0. The van der Waals surface area contributed by atoms with Gasteiger partial charge in [0, 0.05) is 25.4 Å². The number of halogens is 1. The van der Waals surface area contributed by atoms with Crippen molar-refractivity contribution in [2.75, 3.05) is 0 Å². The quantitative estimate of drug-likeness (QED) is 0.528. The van der Waals surface area contributed by atoms with E-state index in [1.54, 1.807) is 23.7 Å². The Labute approximate surface area is 162 Å². The van der Waals surface area contributed by atoms with Gasteiger partial charge in [-0.3, -0.25) is 4.79 Å². The summed E-state index contributed by atoms with van der Waals surface area (Å²) >= 11 is 0. The first-order valence-corrected chi connectivity index (χ1v) is 9.23. The number of hydrogen-bond acceptors (Lipinski definition) is 2. The summed E-state index contributed by atoms with van der Waals surface area (Å²) in [6, 6.07) is 12.7. The van der Waals surface area contributed by atoms with Crippen LogP contribution in [0.25, 0.3) is 22.2 Å². The Hall–Kier alpha value is -3.21. The second-order valence-corrected chi connectivity index (χ2v) is 7.36. The smallest absolute Gasteiger partial charge is 0.253 e. The third kappa shape index (κ3) is 3.13. The fourth-order valence-electron chi connectivity index (χ4n) is 3.68. The van der Waals surface area contributed by atoms with Gasteiger partial charge in [-0.05, 0) is 73.4 Å². The predicted octanol–water partition coefficient (Wildman–Crippen LogP) is 4.51. The molecule has 0 unspecified atom stereocenters. The van der Waals surface area contributed by atoms with Crippen LogP contribution >= 0.6 is 0 Å². The highest BCUT2D eigenvalue weighted by Crippen LogP contribution is 2.28. The number of nitrogens with zero attached hydrogens (tertiary/aromatic N) is 3. The van der Waals surface area contributed by atoms with Crippen LogP contribution in [0.3, 0.4) is 0 Å². The Morgan fingerprint density at radius 3 is 2.32 bits per heavy atom. The van der Waals surface area contributed by atoms with Crippen molar-refractivity contribution in [1.82, 2.24) is 14.1 Å². The SMILES string of the molecule is Cc1cc(-c2cc(C)c3nc(C)n(Cc4ccc(F)cc4)c3c2)cn(C)c1=O. The molecule has 2 aromatic heterocycles. The minimum absolute atomic E-state index is 0.0127. The van der Waals surface area contributed by atoms with Crippen molar-refractivity contribution in [2.24, 2.45) is 7.05 Å². The van der Waals surface area contributed by atoms with Gasteiger partial charge in [-0.2, -0.15) is 0 Å². The molecule has 0 atom stereocenters. The molecule has 0 aliphatic heterocycles. The van der Waals surface area contributed by atoms with Crippen molar-refractivity contribution < 1.29 is 4.39 Å². The lowest BCUT2D eigenvalue weighted by Gasteiger charge is -2.11. The third-order valence-corrected chi connectivity index (χ3v) is 5.19. The van der Waals surface area contributed by atoms with E-state index in [0.717, 1.165) is 39.1 Å². The van der Waals surface area contributed by atoms with Crippen LogP contribution in [0, 0.1) is 26.6 Å². The van der Waals surface area contributed by atoms with Crippen LogP contribution in [0.1, 0.15) is 22.5 Å². The van der Waals surface area contributed by atoms with Crippen molar-refractivity contribution in [3.63, 3.8) is 0 Å². The molecular formula is C23H22FN3O. The zero-order chi connectivity index (χ0) is 20.0. The first kappa shape index (κ1) is 18.2. The maximum absolute atomic E-state index is 13.2. The Kier molecular flexibility index (Phi) is 4.38. The molecule has 2 aromatic carbocycles. The molecule has 0 bridgehead atoms. The average molecular weight is 375 g/mol. The van der Waals surface area contributed by atoms with Gasteiger partial charge in [-0.25, -0.2) is 9.37 Å². The lowest BCUT2D eigenvalue weighted by molar-refractivity contribution is 0.626. The highest BCUT2D eigenvalue weighted by molar-refractivity contribution is 5.85. The molecule has 28 heavy (non-hydrogen) atoms. The number of fused-ring (bicyclic) bond motifs is 1.